The van der Waals surface area contributed by atoms with Gasteiger partial charge in [-0.25, -0.2) is 0 Å². The molecule has 0 amide bonds. The third-order valence-electron chi connectivity index (χ3n) is 2.57. The average molecular weight is 268 g/mol. The highest BCUT2D eigenvalue weighted by molar-refractivity contribution is 9.09. The Morgan fingerprint density at radius 3 is 2.13 bits per heavy atom. The highest BCUT2D eigenvalue weighted by Gasteiger charge is 2.02. The standard InChI is InChI=1S/C13H18BrN/c1-4-15(5-2)13-8-6-12(7-9-13)11(3)10-14/h6-9H,3-5,10H2,1-2H3. The van der Waals surface area contributed by atoms with E-state index in [0.29, 0.717) is 0 Å². The van der Waals surface area contributed by atoms with Crippen molar-refractivity contribution in [3.05, 3.63) is 36.4 Å². The van der Waals surface area contributed by atoms with Crippen molar-refractivity contribution in [3.63, 3.8) is 0 Å². The SMILES string of the molecule is C=C(CBr)c1ccc(N(CC)CC)cc1. The summed E-state index contributed by atoms with van der Waals surface area (Å²) in [7, 11) is 0. The van der Waals surface area contributed by atoms with Gasteiger partial charge < -0.3 is 4.90 Å². The van der Waals surface area contributed by atoms with Crippen molar-refractivity contribution in [2.75, 3.05) is 23.3 Å². The lowest BCUT2D eigenvalue weighted by Gasteiger charge is -2.21. The van der Waals surface area contributed by atoms with Crippen LogP contribution < -0.4 is 4.90 Å². The van der Waals surface area contributed by atoms with Crippen LogP contribution >= 0.6 is 15.9 Å². The highest BCUT2D eigenvalue weighted by Crippen LogP contribution is 2.19. The minimum absolute atomic E-state index is 0.831. The van der Waals surface area contributed by atoms with Crippen LogP contribution in [0.5, 0.6) is 0 Å². The molecule has 0 saturated heterocycles. The summed E-state index contributed by atoms with van der Waals surface area (Å²) in [5.41, 5.74) is 3.62. The van der Waals surface area contributed by atoms with Crippen molar-refractivity contribution in [1.29, 1.82) is 0 Å². The number of anilines is 1. The van der Waals surface area contributed by atoms with Gasteiger partial charge >= 0.3 is 0 Å². The predicted molar refractivity (Wildman–Crippen MR) is 72.8 cm³/mol. The number of allylic oxidation sites excluding steroid dienone is 1. The van der Waals surface area contributed by atoms with Gasteiger partial charge in [0.15, 0.2) is 0 Å². The van der Waals surface area contributed by atoms with Gasteiger partial charge in [0.25, 0.3) is 0 Å². The van der Waals surface area contributed by atoms with E-state index in [0.717, 1.165) is 24.0 Å². The first-order chi connectivity index (χ1) is 7.22. The molecule has 0 radical (unpaired) electrons. The van der Waals surface area contributed by atoms with Gasteiger partial charge in [-0.3, -0.25) is 0 Å². The Hall–Kier alpha value is -0.760. The topological polar surface area (TPSA) is 3.24 Å². The third-order valence-corrected chi connectivity index (χ3v) is 3.24. The Morgan fingerprint density at radius 1 is 1.20 bits per heavy atom. The summed E-state index contributed by atoms with van der Waals surface area (Å²) < 4.78 is 0. The van der Waals surface area contributed by atoms with Gasteiger partial charge in [0.05, 0.1) is 0 Å². The third kappa shape index (κ3) is 3.10. The average Bonchev–Trinajstić information content (AvgIpc) is 2.30. The van der Waals surface area contributed by atoms with Gasteiger partial charge in [0.2, 0.25) is 0 Å². The molecule has 0 atom stereocenters. The van der Waals surface area contributed by atoms with E-state index in [2.05, 4.69) is 65.5 Å². The van der Waals surface area contributed by atoms with Crippen LogP contribution in [0.4, 0.5) is 5.69 Å². The van der Waals surface area contributed by atoms with Gasteiger partial charge in [-0.15, -0.1) is 0 Å². The Labute approximate surface area is 101 Å². The number of hydrogen-bond acceptors (Lipinski definition) is 1. The van der Waals surface area contributed by atoms with E-state index in [4.69, 9.17) is 0 Å². The fraction of sp³-hybridized carbons (Fsp3) is 0.385. The molecular weight excluding hydrogens is 250 g/mol. The zero-order chi connectivity index (χ0) is 11.3. The van der Waals surface area contributed by atoms with Crippen LogP contribution in [0.1, 0.15) is 19.4 Å². The molecule has 0 spiro atoms. The fourth-order valence-electron chi connectivity index (χ4n) is 1.57. The van der Waals surface area contributed by atoms with Crippen molar-refractivity contribution < 1.29 is 0 Å². The molecule has 0 saturated carbocycles. The van der Waals surface area contributed by atoms with E-state index in [1.54, 1.807) is 0 Å². The summed E-state index contributed by atoms with van der Waals surface area (Å²) in [4.78, 5) is 2.33. The van der Waals surface area contributed by atoms with Gasteiger partial charge in [-0.05, 0) is 37.1 Å². The van der Waals surface area contributed by atoms with Crippen LogP contribution in [-0.4, -0.2) is 18.4 Å². The largest absolute Gasteiger partial charge is 0.372 e. The second-order valence-corrected chi connectivity index (χ2v) is 4.02. The molecule has 0 aliphatic heterocycles. The van der Waals surface area contributed by atoms with E-state index in [-0.39, 0.29) is 0 Å². The van der Waals surface area contributed by atoms with Crippen LogP contribution in [0, 0.1) is 0 Å². The summed E-state index contributed by atoms with van der Waals surface area (Å²) in [5, 5.41) is 0.831. The fourth-order valence-corrected chi connectivity index (χ4v) is 1.90. The number of alkyl halides is 1. The Morgan fingerprint density at radius 2 is 1.73 bits per heavy atom. The Kier molecular flexibility index (Phi) is 4.89. The first-order valence-electron chi connectivity index (χ1n) is 5.32. The molecule has 1 rings (SSSR count). The summed E-state index contributed by atoms with van der Waals surface area (Å²) in [5.74, 6) is 0. The smallest absolute Gasteiger partial charge is 0.0366 e. The molecule has 0 aliphatic rings. The van der Waals surface area contributed by atoms with Crippen molar-refractivity contribution >= 4 is 27.2 Å². The van der Waals surface area contributed by atoms with Crippen LogP contribution in [0.15, 0.2) is 30.8 Å². The zero-order valence-electron chi connectivity index (χ0n) is 9.46. The minimum atomic E-state index is 0.831. The molecule has 0 heterocycles. The van der Waals surface area contributed by atoms with Crippen LogP contribution in [0.3, 0.4) is 0 Å². The lowest BCUT2D eigenvalue weighted by Crippen LogP contribution is -2.21. The summed E-state index contributed by atoms with van der Waals surface area (Å²) >= 11 is 3.42. The van der Waals surface area contributed by atoms with Crippen LogP contribution in [0.2, 0.25) is 0 Å². The van der Waals surface area contributed by atoms with E-state index in [9.17, 15) is 0 Å². The molecule has 1 nitrogen and oxygen atoms in total. The lowest BCUT2D eigenvalue weighted by atomic mass is 10.1. The van der Waals surface area contributed by atoms with Crippen LogP contribution in [-0.2, 0) is 0 Å². The normalized spacial score (nSPS) is 10.1. The van der Waals surface area contributed by atoms with E-state index in [1.165, 1.54) is 11.3 Å². The Balaban J connectivity index is 2.84. The monoisotopic (exact) mass is 267 g/mol. The number of nitrogens with zero attached hydrogens (tertiary/aromatic N) is 1. The van der Waals surface area contributed by atoms with E-state index in [1.807, 2.05) is 0 Å². The molecule has 15 heavy (non-hydrogen) atoms. The minimum Gasteiger partial charge on any atom is -0.372 e. The maximum Gasteiger partial charge on any atom is 0.0366 e. The zero-order valence-corrected chi connectivity index (χ0v) is 11.0. The second-order valence-electron chi connectivity index (χ2n) is 3.46. The van der Waals surface area contributed by atoms with Crippen LogP contribution in [0.25, 0.3) is 5.57 Å². The Bertz CT molecular complexity index is 312. The molecule has 1 aromatic rings. The van der Waals surface area contributed by atoms with Crippen molar-refractivity contribution in [1.82, 2.24) is 0 Å². The van der Waals surface area contributed by atoms with Gasteiger partial charge in [0.1, 0.15) is 0 Å². The molecule has 0 aliphatic carbocycles. The molecule has 1 aromatic carbocycles. The van der Waals surface area contributed by atoms with Crippen molar-refractivity contribution in [2.45, 2.75) is 13.8 Å². The summed E-state index contributed by atoms with van der Waals surface area (Å²) in [6.07, 6.45) is 0. The molecule has 0 aromatic heterocycles. The predicted octanol–water partition coefficient (Wildman–Crippen LogP) is 3.94. The lowest BCUT2D eigenvalue weighted by molar-refractivity contribution is 0.866. The molecule has 0 fully saturated rings. The molecule has 82 valence electrons. The number of rotatable bonds is 5. The highest BCUT2D eigenvalue weighted by atomic mass is 79.9. The number of hydrogen-bond donors (Lipinski definition) is 0. The quantitative estimate of drug-likeness (QED) is 0.731. The first kappa shape index (κ1) is 12.3. The molecule has 0 N–H and O–H groups in total. The maximum atomic E-state index is 4.00. The van der Waals surface area contributed by atoms with Crippen molar-refractivity contribution in [3.8, 4) is 0 Å². The molecular formula is C13H18BrN. The second kappa shape index (κ2) is 5.96. The number of halogens is 1. The summed E-state index contributed by atoms with van der Waals surface area (Å²) in [6.45, 7) is 10.5. The van der Waals surface area contributed by atoms with Gasteiger partial charge in [-0.1, -0.05) is 34.6 Å². The molecule has 2 heteroatoms. The van der Waals surface area contributed by atoms with Crippen molar-refractivity contribution in [2.24, 2.45) is 0 Å². The van der Waals surface area contributed by atoms with E-state index < -0.39 is 0 Å². The molecule has 0 unspecified atom stereocenters. The number of benzene rings is 1. The molecule has 0 bridgehead atoms. The summed E-state index contributed by atoms with van der Waals surface area (Å²) in [6, 6.07) is 8.60. The van der Waals surface area contributed by atoms with E-state index >= 15 is 0 Å². The van der Waals surface area contributed by atoms with Gasteiger partial charge in [0, 0.05) is 24.1 Å². The van der Waals surface area contributed by atoms with Gasteiger partial charge in [-0.2, -0.15) is 0 Å². The maximum absolute atomic E-state index is 4.00. The first-order valence-corrected chi connectivity index (χ1v) is 6.44.